The molecule has 0 atom stereocenters. The molecule has 210 valence electrons. The van der Waals surface area contributed by atoms with Crippen LogP contribution in [0.1, 0.15) is 35.7 Å². The minimum atomic E-state index is -1.04. The van der Waals surface area contributed by atoms with Gasteiger partial charge < -0.3 is 19.1 Å². The minimum absolute atomic E-state index is 0.0130. The quantitative estimate of drug-likeness (QED) is 0.332. The number of amides is 3. The Labute approximate surface area is 241 Å². The third-order valence-electron chi connectivity index (χ3n) is 6.39. The lowest BCUT2D eigenvalue weighted by Gasteiger charge is -2.33. The van der Waals surface area contributed by atoms with Gasteiger partial charge in [0.05, 0.1) is 22.3 Å². The standard InChI is InChI=1S/C27H27Cl2N5O6/c1-2-39-27(37)31-25(35)23(14-30)33-32-18-12-21(28)24(22(29)13-18)40-19-3-4-20-17(11-19)5-8-34(26(20)36)15-16-6-9-38-10-7-16/h3-4,11-13,16,32H,2,5-10,15H2,1H3,(H,31,35,37). The number of benzene rings is 2. The summed E-state index contributed by atoms with van der Waals surface area (Å²) in [6, 6.07) is 9.73. The predicted octanol–water partition coefficient (Wildman–Crippen LogP) is 4.77. The highest BCUT2D eigenvalue weighted by molar-refractivity contribution is 6.47. The van der Waals surface area contributed by atoms with Crippen LogP contribution < -0.4 is 15.5 Å². The average molecular weight is 588 g/mol. The Morgan fingerprint density at radius 2 is 1.93 bits per heavy atom. The van der Waals surface area contributed by atoms with Crippen molar-refractivity contribution in [3.63, 3.8) is 0 Å². The number of imide groups is 1. The van der Waals surface area contributed by atoms with Gasteiger partial charge in [0.25, 0.3) is 11.8 Å². The zero-order chi connectivity index (χ0) is 28.6. The molecule has 2 heterocycles. The zero-order valence-electron chi connectivity index (χ0n) is 21.7. The predicted molar refractivity (Wildman–Crippen MR) is 148 cm³/mol. The van der Waals surface area contributed by atoms with Crippen molar-refractivity contribution < 1.29 is 28.6 Å². The summed E-state index contributed by atoms with van der Waals surface area (Å²) >= 11 is 12.8. The minimum Gasteiger partial charge on any atom is -0.454 e. The number of carbonyl (C=O) groups excluding carboxylic acids is 3. The van der Waals surface area contributed by atoms with E-state index in [1.807, 2.05) is 16.3 Å². The Morgan fingerprint density at radius 1 is 1.20 bits per heavy atom. The van der Waals surface area contributed by atoms with E-state index in [0.29, 0.717) is 30.2 Å². The molecule has 2 N–H and O–H groups in total. The van der Waals surface area contributed by atoms with Gasteiger partial charge in [-0.2, -0.15) is 10.4 Å². The second-order valence-corrected chi connectivity index (χ2v) is 9.92. The van der Waals surface area contributed by atoms with Crippen LogP contribution in [0.15, 0.2) is 35.4 Å². The highest BCUT2D eigenvalue weighted by Gasteiger charge is 2.28. The topological polar surface area (TPSA) is 142 Å². The SMILES string of the molecule is CCOC(=O)NC(=O)C(C#N)=NNc1cc(Cl)c(Oc2ccc3c(c2)CCN(CC2CCOCC2)C3=O)c(Cl)c1. The van der Waals surface area contributed by atoms with E-state index in [1.165, 1.54) is 12.1 Å². The van der Waals surface area contributed by atoms with Crippen LogP contribution in [-0.4, -0.2) is 61.4 Å². The summed E-state index contributed by atoms with van der Waals surface area (Å²) < 4.78 is 16.0. The molecule has 2 aliphatic heterocycles. The van der Waals surface area contributed by atoms with Crippen LogP contribution in [0.2, 0.25) is 10.0 Å². The first kappa shape index (κ1) is 29.1. The lowest BCUT2D eigenvalue weighted by molar-refractivity contribution is -0.114. The molecule has 1 fully saturated rings. The van der Waals surface area contributed by atoms with Gasteiger partial charge in [-0.05, 0) is 68.0 Å². The number of nitrogens with zero attached hydrogens (tertiary/aromatic N) is 3. The molecule has 1 saturated heterocycles. The smallest absolute Gasteiger partial charge is 0.414 e. The fourth-order valence-electron chi connectivity index (χ4n) is 4.40. The highest BCUT2D eigenvalue weighted by Crippen LogP contribution is 2.39. The Kier molecular flexibility index (Phi) is 9.82. The van der Waals surface area contributed by atoms with Gasteiger partial charge in [0.1, 0.15) is 11.8 Å². The summed E-state index contributed by atoms with van der Waals surface area (Å²) in [6.45, 7) is 4.49. The van der Waals surface area contributed by atoms with Crippen molar-refractivity contribution in [2.24, 2.45) is 11.0 Å². The van der Waals surface area contributed by atoms with E-state index in [0.717, 1.165) is 38.2 Å². The number of alkyl carbamates (subject to hydrolysis) is 1. The number of fused-ring (bicyclic) bond motifs is 1. The second kappa shape index (κ2) is 13.5. The first-order valence-electron chi connectivity index (χ1n) is 12.7. The van der Waals surface area contributed by atoms with Crippen molar-refractivity contribution in [2.75, 3.05) is 38.3 Å². The first-order chi connectivity index (χ1) is 19.3. The third kappa shape index (κ3) is 7.21. The van der Waals surface area contributed by atoms with E-state index in [9.17, 15) is 19.6 Å². The Hall–Kier alpha value is -3.85. The van der Waals surface area contributed by atoms with E-state index in [2.05, 4.69) is 15.3 Å². The summed E-state index contributed by atoms with van der Waals surface area (Å²) in [4.78, 5) is 38.4. The molecule has 0 unspecified atom stereocenters. The number of nitrogens with one attached hydrogen (secondary N) is 2. The van der Waals surface area contributed by atoms with Crippen LogP contribution in [0.5, 0.6) is 11.5 Å². The van der Waals surface area contributed by atoms with Crippen molar-refractivity contribution in [1.82, 2.24) is 10.2 Å². The average Bonchev–Trinajstić information content (AvgIpc) is 2.93. The molecular weight excluding hydrogens is 561 g/mol. The van der Waals surface area contributed by atoms with E-state index in [-0.39, 0.29) is 34.0 Å². The maximum Gasteiger partial charge on any atom is 0.414 e. The van der Waals surface area contributed by atoms with Gasteiger partial charge in [0, 0.05) is 31.9 Å². The summed E-state index contributed by atoms with van der Waals surface area (Å²) in [5.41, 5.74) is 3.70. The number of hydrogen-bond acceptors (Lipinski definition) is 9. The van der Waals surface area contributed by atoms with E-state index >= 15 is 0 Å². The van der Waals surface area contributed by atoms with Crippen LogP contribution in [0, 0.1) is 17.2 Å². The fourth-order valence-corrected chi connectivity index (χ4v) is 4.96. The molecule has 13 heteroatoms. The van der Waals surface area contributed by atoms with Crippen molar-refractivity contribution in [1.29, 1.82) is 5.26 Å². The summed E-state index contributed by atoms with van der Waals surface area (Å²) in [5, 5.41) is 15.0. The zero-order valence-corrected chi connectivity index (χ0v) is 23.2. The van der Waals surface area contributed by atoms with E-state index < -0.39 is 17.7 Å². The van der Waals surface area contributed by atoms with Crippen LogP contribution in [0.4, 0.5) is 10.5 Å². The fraction of sp³-hybridized carbons (Fsp3) is 0.370. The molecule has 0 aliphatic carbocycles. The van der Waals surface area contributed by atoms with Crippen LogP contribution in [0.25, 0.3) is 0 Å². The molecule has 2 aromatic rings. The maximum atomic E-state index is 13.1. The van der Waals surface area contributed by atoms with Crippen molar-refractivity contribution in [2.45, 2.75) is 26.2 Å². The number of hydrazone groups is 1. The number of anilines is 1. The lowest BCUT2D eigenvalue weighted by atomic mass is 9.95. The molecule has 4 rings (SSSR count). The molecule has 2 aromatic carbocycles. The lowest BCUT2D eigenvalue weighted by Crippen LogP contribution is -2.41. The molecule has 0 radical (unpaired) electrons. The van der Waals surface area contributed by atoms with E-state index in [4.69, 9.17) is 32.7 Å². The third-order valence-corrected chi connectivity index (χ3v) is 6.95. The number of hydrogen-bond donors (Lipinski definition) is 2. The van der Waals surface area contributed by atoms with Gasteiger partial charge in [-0.15, -0.1) is 0 Å². The normalized spacial score (nSPS) is 15.6. The monoisotopic (exact) mass is 587 g/mol. The van der Waals surface area contributed by atoms with Gasteiger partial charge in [0.15, 0.2) is 5.75 Å². The molecule has 0 aromatic heterocycles. The first-order valence-corrected chi connectivity index (χ1v) is 13.4. The molecule has 11 nitrogen and oxygen atoms in total. The van der Waals surface area contributed by atoms with E-state index in [1.54, 1.807) is 25.1 Å². The van der Waals surface area contributed by atoms with Gasteiger partial charge in [0.2, 0.25) is 5.71 Å². The van der Waals surface area contributed by atoms with Crippen molar-refractivity contribution >= 4 is 52.5 Å². The Morgan fingerprint density at radius 3 is 2.60 bits per heavy atom. The molecule has 0 saturated carbocycles. The summed E-state index contributed by atoms with van der Waals surface area (Å²) in [7, 11) is 0. The molecule has 40 heavy (non-hydrogen) atoms. The molecule has 3 amide bonds. The summed E-state index contributed by atoms with van der Waals surface area (Å²) in [6.07, 6.45) is 1.64. The number of carbonyl (C=O) groups is 3. The maximum absolute atomic E-state index is 13.1. The van der Waals surface area contributed by atoms with Crippen molar-refractivity contribution in [3.8, 4) is 17.6 Å². The number of halogens is 2. The number of rotatable bonds is 8. The van der Waals surface area contributed by atoms with Gasteiger partial charge >= 0.3 is 6.09 Å². The highest BCUT2D eigenvalue weighted by atomic mass is 35.5. The van der Waals surface area contributed by atoms with Gasteiger partial charge in [-0.25, -0.2) is 4.79 Å². The molecule has 0 spiro atoms. The largest absolute Gasteiger partial charge is 0.454 e. The van der Waals surface area contributed by atoms with Crippen molar-refractivity contribution in [3.05, 3.63) is 51.5 Å². The van der Waals surface area contributed by atoms with Gasteiger partial charge in [-0.3, -0.25) is 20.3 Å². The molecular formula is C27H27Cl2N5O6. The second-order valence-electron chi connectivity index (χ2n) is 9.11. The molecule has 2 aliphatic rings. The molecule has 0 bridgehead atoms. The number of nitriles is 1. The van der Waals surface area contributed by atoms with Crippen LogP contribution in [-0.2, 0) is 20.7 Å². The number of ether oxygens (including phenoxy) is 3. The van der Waals surface area contributed by atoms with Crippen LogP contribution >= 0.6 is 23.2 Å². The van der Waals surface area contributed by atoms with Gasteiger partial charge in [-0.1, -0.05) is 23.2 Å². The van der Waals surface area contributed by atoms with Crippen LogP contribution in [0.3, 0.4) is 0 Å². The Bertz CT molecular complexity index is 1350. The summed E-state index contributed by atoms with van der Waals surface area (Å²) in [5.74, 6) is 0.0840. The Balaban J connectivity index is 1.42.